The van der Waals surface area contributed by atoms with Gasteiger partial charge in [0.25, 0.3) is 0 Å². The molecule has 1 rings (SSSR count). The van der Waals surface area contributed by atoms with E-state index in [1.165, 1.54) is 6.92 Å². The summed E-state index contributed by atoms with van der Waals surface area (Å²) in [6.45, 7) is 5.99. The number of hydrogen-bond donors (Lipinski definition) is 0. The smallest absolute Gasteiger partial charge is 0.116 e. The summed E-state index contributed by atoms with van der Waals surface area (Å²) in [6, 6.07) is 0.0741. The highest BCUT2D eigenvalue weighted by atomic mass is 19.1. The maximum absolute atomic E-state index is 12.6. The fourth-order valence-corrected chi connectivity index (χ4v) is 1.33. The zero-order valence-electron chi connectivity index (χ0n) is 8.10. The molecule has 0 aliphatic carbocycles. The average molecular weight is 173 g/mol. The van der Waals surface area contributed by atoms with Gasteiger partial charge in [0.2, 0.25) is 0 Å². The molecule has 0 spiro atoms. The van der Waals surface area contributed by atoms with Gasteiger partial charge in [0.1, 0.15) is 5.72 Å². The van der Waals surface area contributed by atoms with Crippen LogP contribution in [0.4, 0.5) is 4.39 Å². The molecular formula is C9H16FNO. The summed E-state index contributed by atoms with van der Waals surface area (Å²) in [5.41, 5.74) is -0.267. The van der Waals surface area contributed by atoms with Gasteiger partial charge in [-0.05, 0) is 33.9 Å². The zero-order chi connectivity index (χ0) is 9.35. The number of allylic oxidation sites excluding steroid dienone is 1. The fourth-order valence-electron chi connectivity index (χ4n) is 1.33. The van der Waals surface area contributed by atoms with Gasteiger partial charge in [-0.3, -0.25) is 4.90 Å². The first-order valence-electron chi connectivity index (χ1n) is 4.14. The number of halogens is 1. The molecular weight excluding hydrogens is 157 g/mol. The minimum atomic E-state index is -0.267. The second-order valence-corrected chi connectivity index (χ2v) is 3.69. The lowest BCUT2D eigenvalue weighted by Gasteiger charge is -2.28. The summed E-state index contributed by atoms with van der Waals surface area (Å²) in [5.74, 6) is -0.145. The van der Waals surface area contributed by atoms with E-state index in [9.17, 15) is 4.39 Å². The Morgan fingerprint density at radius 2 is 2.25 bits per heavy atom. The Labute approximate surface area is 73.0 Å². The quantitative estimate of drug-likeness (QED) is 0.600. The SMILES string of the molecule is C/C(F)=C/[C@H]1COC(C)(C)N1C. The Balaban J connectivity index is 2.68. The van der Waals surface area contributed by atoms with Crippen LogP contribution in [0.2, 0.25) is 0 Å². The average Bonchev–Trinajstić information content (AvgIpc) is 2.15. The van der Waals surface area contributed by atoms with Crippen molar-refractivity contribution in [3.8, 4) is 0 Å². The van der Waals surface area contributed by atoms with E-state index in [-0.39, 0.29) is 17.6 Å². The standard InChI is InChI=1S/C9H16FNO/c1-7(10)5-8-6-12-9(2,3)11(8)4/h5,8H,6H2,1-4H3/b7-5-/t8-/m0/s1. The van der Waals surface area contributed by atoms with Crippen molar-refractivity contribution in [2.24, 2.45) is 0 Å². The molecule has 0 saturated carbocycles. The molecule has 0 radical (unpaired) electrons. The third-order valence-corrected chi connectivity index (χ3v) is 2.38. The maximum Gasteiger partial charge on any atom is 0.116 e. The lowest BCUT2D eigenvalue weighted by atomic mass is 10.2. The van der Waals surface area contributed by atoms with Crippen LogP contribution in [0.1, 0.15) is 20.8 Å². The van der Waals surface area contributed by atoms with E-state index in [0.717, 1.165) is 0 Å². The van der Waals surface area contributed by atoms with Crippen LogP contribution in [0.5, 0.6) is 0 Å². The number of likely N-dealkylation sites (N-methyl/N-ethyl adjacent to an activating group) is 1. The maximum atomic E-state index is 12.6. The molecule has 1 aliphatic rings. The summed E-state index contributed by atoms with van der Waals surface area (Å²) in [5, 5.41) is 0. The van der Waals surface area contributed by atoms with Crippen molar-refractivity contribution in [3.05, 3.63) is 11.9 Å². The van der Waals surface area contributed by atoms with Crippen LogP contribution in [-0.4, -0.2) is 30.3 Å². The monoisotopic (exact) mass is 173 g/mol. The van der Waals surface area contributed by atoms with Crippen LogP contribution in [-0.2, 0) is 4.74 Å². The molecule has 0 aromatic rings. The molecule has 0 aromatic carbocycles. The number of ether oxygens (including phenoxy) is 1. The van der Waals surface area contributed by atoms with Gasteiger partial charge in [0, 0.05) is 0 Å². The Bertz CT molecular complexity index is 197. The topological polar surface area (TPSA) is 12.5 Å². The van der Waals surface area contributed by atoms with Gasteiger partial charge >= 0.3 is 0 Å². The summed E-state index contributed by atoms with van der Waals surface area (Å²) in [7, 11) is 1.94. The molecule has 0 bridgehead atoms. The van der Waals surface area contributed by atoms with Gasteiger partial charge in [0.05, 0.1) is 18.5 Å². The van der Waals surface area contributed by atoms with E-state index in [1.54, 1.807) is 6.08 Å². The molecule has 0 unspecified atom stereocenters. The van der Waals surface area contributed by atoms with Gasteiger partial charge < -0.3 is 4.74 Å². The molecule has 70 valence electrons. The van der Waals surface area contributed by atoms with Crippen molar-refractivity contribution in [2.75, 3.05) is 13.7 Å². The Morgan fingerprint density at radius 3 is 2.58 bits per heavy atom. The van der Waals surface area contributed by atoms with Crippen molar-refractivity contribution in [2.45, 2.75) is 32.5 Å². The van der Waals surface area contributed by atoms with Gasteiger partial charge in [-0.2, -0.15) is 0 Å². The lowest BCUT2D eigenvalue weighted by Crippen LogP contribution is -2.39. The molecule has 1 aliphatic heterocycles. The normalized spacial score (nSPS) is 31.1. The first-order valence-corrected chi connectivity index (χ1v) is 4.14. The molecule has 1 saturated heterocycles. The van der Waals surface area contributed by atoms with E-state index in [4.69, 9.17) is 4.74 Å². The van der Waals surface area contributed by atoms with Crippen LogP contribution < -0.4 is 0 Å². The van der Waals surface area contributed by atoms with Crippen molar-refractivity contribution < 1.29 is 9.13 Å². The first-order chi connectivity index (χ1) is 5.43. The zero-order valence-corrected chi connectivity index (χ0v) is 8.10. The molecule has 1 atom stereocenters. The second kappa shape index (κ2) is 3.15. The number of hydrogen-bond acceptors (Lipinski definition) is 2. The highest BCUT2D eigenvalue weighted by Gasteiger charge is 2.36. The lowest BCUT2D eigenvalue weighted by molar-refractivity contribution is -0.0402. The predicted molar refractivity (Wildman–Crippen MR) is 46.4 cm³/mol. The molecule has 0 N–H and O–H groups in total. The molecule has 0 amide bonds. The summed E-state index contributed by atoms with van der Waals surface area (Å²) < 4.78 is 18.0. The Kier molecular flexibility index (Phi) is 2.54. The summed E-state index contributed by atoms with van der Waals surface area (Å²) in [4.78, 5) is 2.02. The van der Waals surface area contributed by atoms with Gasteiger partial charge in [-0.15, -0.1) is 0 Å². The van der Waals surface area contributed by atoms with Gasteiger partial charge in [-0.1, -0.05) is 0 Å². The molecule has 1 heterocycles. The van der Waals surface area contributed by atoms with Gasteiger partial charge in [-0.25, -0.2) is 4.39 Å². The van der Waals surface area contributed by atoms with Crippen molar-refractivity contribution in [1.82, 2.24) is 4.90 Å². The highest BCUT2D eigenvalue weighted by molar-refractivity contribution is 5.01. The van der Waals surface area contributed by atoms with Crippen molar-refractivity contribution in [3.63, 3.8) is 0 Å². The van der Waals surface area contributed by atoms with Gasteiger partial charge in [0.15, 0.2) is 0 Å². The first kappa shape index (κ1) is 9.68. The summed E-state index contributed by atoms with van der Waals surface area (Å²) in [6.07, 6.45) is 1.59. The Hall–Kier alpha value is -0.410. The minimum Gasteiger partial charge on any atom is -0.359 e. The molecule has 12 heavy (non-hydrogen) atoms. The molecule has 1 fully saturated rings. The number of rotatable bonds is 1. The third-order valence-electron chi connectivity index (χ3n) is 2.38. The van der Waals surface area contributed by atoms with E-state index in [0.29, 0.717) is 6.61 Å². The fraction of sp³-hybridized carbons (Fsp3) is 0.778. The van der Waals surface area contributed by atoms with Crippen molar-refractivity contribution >= 4 is 0 Å². The predicted octanol–water partition coefficient (Wildman–Crippen LogP) is 1.93. The van der Waals surface area contributed by atoms with Crippen molar-refractivity contribution in [1.29, 1.82) is 0 Å². The largest absolute Gasteiger partial charge is 0.359 e. The number of nitrogens with zero attached hydrogens (tertiary/aromatic N) is 1. The molecule has 3 heteroatoms. The molecule has 0 aromatic heterocycles. The highest BCUT2D eigenvalue weighted by Crippen LogP contribution is 2.26. The van der Waals surface area contributed by atoms with Crippen LogP contribution in [0.25, 0.3) is 0 Å². The van der Waals surface area contributed by atoms with E-state index in [2.05, 4.69) is 0 Å². The van der Waals surface area contributed by atoms with E-state index >= 15 is 0 Å². The second-order valence-electron chi connectivity index (χ2n) is 3.69. The minimum absolute atomic E-state index is 0.0741. The van der Waals surface area contributed by atoms with Crippen LogP contribution in [0, 0.1) is 0 Å². The molecule has 2 nitrogen and oxygen atoms in total. The third kappa shape index (κ3) is 1.84. The van der Waals surface area contributed by atoms with E-state index < -0.39 is 0 Å². The Morgan fingerprint density at radius 1 is 1.67 bits per heavy atom. The van der Waals surface area contributed by atoms with Crippen LogP contribution >= 0.6 is 0 Å². The van der Waals surface area contributed by atoms with E-state index in [1.807, 2.05) is 25.8 Å². The van der Waals surface area contributed by atoms with Crippen LogP contribution in [0.3, 0.4) is 0 Å². The summed E-state index contributed by atoms with van der Waals surface area (Å²) >= 11 is 0. The van der Waals surface area contributed by atoms with Crippen LogP contribution in [0.15, 0.2) is 11.9 Å².